The maximum Gasteiger partial charge on any atom is 0.247 e. The number of aliphatic hydroxyl groups is 1. The molecule has 0 saturated carbocycles. The first kappa shape index (κ1) is 27.1. The van der Waals surface area contributed by atoms with E-state index in [1.807, 2.05) is 0 Å². The van der Waals surface area contributed by atoms with Crippen LogP contribution in [0.3, 0.4) is 0 Å². The Labute approximate surface area is 206 Å². The normalized spacial score (nSPS) is 21.1. The molecule has 0 radical (unpaired) electrons. The zero-order chi connectivity index (χ0) is 26.0. The summed E-state index contributed by atoms with van der Waals surface area (Å²) in [6, 6.07) is 9.39. The minimum Gasteiger partial charge on any atom is -0.487 e. The molecular weight excluding hydrogens is 495 g/mol. The fourth-order valence-corrected chi connectivity index (χ4v) is 5.83. The summed E-state index contributed by atoms with van der Waals surface area (Å²) in [6.07, 6.45) is 0.417. The fourth-order valence-electron chi connectivity index (χ4n) is 3.59. The molecule has 35 heavy (non-hydrogen) atoms. The average Bonchev–Trinajstić information content (AvgIpc) is 2.79. The van der Waals surface area contributed by atoms with Gasteiger partial charge in [-0.15, -0.1) is 0 Å². The van der Waals surface area contributed by atoms with E-state index >= 15 is 0 Å². The van der Waals surface area contributed by atoms with Crippen LogP contribution in [0.4, 0.5) is 4.39 Å². The van der Waals surface area contributed by atoms with Crippen molar-refractivity contribution in [2.45, 2.75) is 30.9 Å². The molecule has 1 aliphatic rings. The average molecular weight is 525 g/mol. The predicted molar refractivity (Wildman–Crippen MR) is 130 cm³/mol. The van der Waals surface area contributed by atoms with E-state index in [4.69, 9.17) is 4.74 Å². The maximum absolute atomic E-state index is 13.5. The molecule has 11 heteroatoms. The van der Waals surface area contributed by atoms with Crippen molar-refractivity contribution < 1.29 is 31.1 Å². The van der Waals surface area contributed by atoms with Gasteiger partial charge in [-0.3, -0.25) is 0 Å². The van der Waals surface area contributed by atoms with Crippen LogP contribution in [-0.4, -0.2) is 75.7 Å². The first-order valence-electron chi connectivity index (χ1n) is 10.9. The number of benzene rings is 2. The van der Waals surface area contributed by atoms with Gasteiger partial charge in [-0.1, -0.05) is 18.8 Å². The van der Waals surface area contributed by atoms with Crippen molar-refractivity contribution in [3.63, 3.8) is 0 Å². The summed E-state index contributed by atoms with van der Waals surface area (Å²) in [5.74, 6) is 5.09. The molecule has 1 aliphatic heterocycles. The van der Waals surface area contributed by atoms with Crippen LogP contribution in [0.15, 0.2) is 47.4 Å². The molecule has 3 atom stereocenters. The number of hydrogen-bond donors (Lipinski definition) is 1. The second-order valence-electron chi connectivity index (χ2n) is 8.70. The van der Waals surface area contributed by atoms with Crippen molar-refractivity contribution in [1.29, 1.82) is 0 Å². The molecule has 0 saturated heterocycles. The van der Waals surface area contributed by atoms with Crippen LogP contribution < -0.4 is 4.74 Å². The summed E-state index contributed by atoms with van der Waals surface area (Å²) in [5, 5.41) is 9.71. The summed E-state index contributed by atoms with van der Waals surface area (Å²) in [7, 11) is -6.10. The van der Waals surface area contributed by atoms with Gasteiger partial charge >= 0.3 is 0 Å². The van der Waals surface area contributed by atoms with E-state index in [1.54, 1.807) is 19.9 Å². The van der Waals surface area contributed by atoms with E-state index in [0.29, 0.717) is 11.1 Å². The number of rotatable bonds is 5. The molecule has 0 amide bonds. The molecule has 2 aromatic carbocycles. The van der Waals surface area contributed by atoms with Crippen molar-refractivity contribution in [2.24, 2.45) is 5.92 Å². The molecule has 0 aromatic heterocycles. The summed E-state index contributed by atoms with van der Waals surface area (Å²) >= 11 is 0. The second kappa shape index (κ2) is 10.6. The Morgan fingerprint density at radius 3 is 2.40 bits per heavy atom. The Bertz CT molecular complexity index is 1330. The molecule has 1 heterocycles. The van der Waals surface area contributed by atoms with Crippen LogP contribution in [0.1, 0.15) is 25.0 Å². The predicted octanol–water partition coefficient (Wildman–Crippen LogP) is 1.89. The van der Waals surface area contributed by atoms with Crippen LogP contribution in [0.2, 0.25) is 0 Å². The number of hydrogen-bond acceptors (Lipinski definition) is 6. The highest BCUT2D eigenvalue weighted by Crippen LogP contribution is 2.34. The van der Waals surface area contributed by atoms with Gasteiger partial charge in [0, 0.05) is 36.7 Å². The van der Waals surface area contributed by atoms with E-state index in [2.05, 4.69) is 11.8 Å². The number of nitrogens with zero attached hydrogens (tertiary/aromatic N) is 2. The lowest BCUT2D eigenvalue weighted by atomic mass is 10.0. The van der Waals surface area contributed by atoms with Gasteiger partial charge in [0.05, 0.1) is 19.4 Å². The molecule has 0 fully saturated rings. The van der Waals surface area contributed by atoms with Crippen molar-refractivity contribution in [3.05, 3.63) is 59.4 Å². The summed E-state index contributed by atoms with van der Waals surface area (Å²) in [5.41, 5.74) is 1.05. The molecule has 8 nitrogen and oxygen atoms in total. The maximum atomic E-state index is 13.5. The Hall–Kier alpha value is -2.49. The lowest BCUT2D eigenvalue weighted by molar-refractivity contribution is 0.0905. The fraction of sp³-hybridized carbons (Fsp3) is 0.417. The Morgan fingerprint density at radius 2 is 1.80 bits per heavy atom. The monoisotopic (exact) mass is 524 g/mol. The van der Waals surface area contributed by atoms with Gasteiger partial charge in [-0.25, -0.2) is 25.5 Å². The zero-order valence-corrected chi connectivity index (χ0v) is 21.6. The Morgan fingerprint density at radius 1 is 1.20 bits per heavy atom. The number of halogens is 1. The van der Waals surface area contributed by atoms with Crippen LogP contribution in [0.5, 0.6) is 5.75 Å². The lowest BCUT2D eigenvalue weighted by Crippen LogP contribution is -2.50. The lowest BCUT2D eigenvalue weighted by Gasteiger charge is -2.37. The van der Waals surface area contributed by atoms with Crippen molar-refractivity contribution >= 4 is 20.0 Å². The van der Waals surface area contributed by atoms with Gasteiger partial charge in [0.2, 0.25) is 20.0 Å². The highest BCUT2D eigenvalue weighted by Gasteiger charge is 2.38. The van der Waals surface area contributed by atoms with Crippen molar-refractivity contribution in [3.8, 4) is 17.6 Å². The SMILES string of the molecule is C[C@@H]1CN([C@@H](C)CO)S(=O)(=O)c2ccc(C#Cc3ccc(F)cc3)cc2O[C@@H]1CN(C)S(C)(=O)=O. The molecule has 190 valence electrons. The zero-order valence-electron chi connectivity index (χ0n) is 20.0. The molecule has 3 rings (SSSR count). The van der Waals surface area contributed by atoms with E-state index < -0.39 is 38.1 Å². The third-order valence-corrected chi connectivity index (χ3v) is 9.17. The highest BCUT2D eigenvalue weighted by molar-refractivity contribution is 7.89. The smallest absolute Gasteiger partial charge is 0.247 e. The Kier molecular flexibility index (Phi) is 8.24. The molecular formula is C24H29FN2O6S2. The van der Waals surface area contributed by atoms with Gasteiger partial charge in [0.25, 0.3) is 0 Å². The number of fused-ring (bicyclic) bond motifs is 1. The number of likely N-dealkylation sites (N-methyl/N-ethyl adjacent to an activating group) is 1. The standard InChI is InChI=1S/C24H29FN2O6S2/c1-17-14-27(18(2)16-28)35(31,32)24-12-9-20(6-5-19-7-10-21(25)11-8-19)13-22(24)33-23(17)15-26(3)34(4,29)30/h7-13,17-18,23,28H,14-16H2,1-4H3/t17-,18+,23-/m1/s1. The molecule has 0 unspecified atom stereocenters. The van der Waals surface area contributed by atoms with E-state index in [0.717, 1.165) is 10.6 Å². The van der Waals surface area contributed by atoms with Gasteiger partial charge in [-0.05, 0) is 49.4 Å². The first-order chi connectivity index (χ1) is 16.3. The van der Waals surface area contributed by atoms with Crippen molar-refractivity contribution in [2.75, 3.05) is 33.0 Å². The van der Waals surface area contributed by atoms with Gasteiger partial charge in [0.1, 0.15) is 22.6 Å². The van der Waals surface area contributed by atoms with Crippen molar-refractivity contribution in [1.82, 2.24) is 8.61 Å². The summed E-state index contributed by atoms with van der Waals surface area (Å²) < 4.78 is 72.7. The topological polar surface area (TPSA) is 104 Å². The second-order valence-corrected chi connectivity index (χ2v) is 12.7. The minimum absolute atomic E-state index is 0.00627. The van der Waals surface area contributed by atoms with E-state index in [9.17, 15) is 26.3 Å². The van der Waals surface area contributed by atoms with Crippen LogP contribution in [0.25, 0.3) is 0 Å². The number of ether oxygens (including phenoxy) is 1. The van der Waals surface area contributed by atoms with E-state index in [1.165, 1.54) is 47.8 Å². The van der Waals surface area contributed by atoms with Gasteiger partial charge in [-0.2, -0.15) is 4.31 Å². The van der Waals surface area contributed by atoms with Gasteiger partial charge in [0.15, 0.2) is 0 Å². The number of aliphatic hydroxyl groups excluding tert-OH is 1. The quantitative estimate of drug-likeness (QED) is 0.599. The third-order valence-electron chi connectivity index (χ3n) is 5.87. The minimum atomic E-state index is -4.03. The van der Waals surface area contributed by atoms with E-state index in [-0.39, 0.29) is 36.2 Å². The molecule has 0 bridgehead atoms. The largest absolute Gasteiger partial charge is 0.487 e. The van der Waals surface area contributed by atoms with Gasteiger partial charge < -0.3 is 9.84 Å². The first-order valence-corrected chi connectivity index (χ1v) is 14.2. The Balaban J connectivity index is 2.08. The molecule has 0 aliphatic carbocycles. The van der Waals surface area contributed by atoms with Crippen LogP contribution in [0, 0.1) is 23.6 Å². The molecule has 1 N–H and O–H groups in total. The highest BCUT2D eigenvalue weighted by atomic mass is 32.2. The summed E-state index contributed by atoms with van der Waals surface area (Å²) in [4.78, 5) is -0.0935. The number of sulfonamides is 2. The summed E-state index contributed by atoms with van der Waals surface area (Å²) in [6.45, 7) is 3.05. The third kappa shape index (κ3) is 6.39. The molecule has 2 aromatic rings. The van der Waals surface area contributed by atoms with Crippen LogP contribution >= 0.6 is 0 Å². The van der Waals surface area contributed by atoms with Crippen LogP contribution in [-0.2, 0) is 20.0 Å². The molecule has 0 spiro atoms.